The second kappa shape index (κ2) is 7.26. The van der Waals surface area contributed by atoms with Crippen LogP contribution in [-0.2, 0) is 10.0 Å². The summed E-state index contributed by atoms with van der Waals surface area (Å²) >= 11 is 5.88. The van der Waals surface area contributed by atoms with Crippen LogP contribution >= 0.6 is 11.6 Å². The monoisotopic (exact) mass is 393 g/mol. The molecule has 1 aliphatic heterocycles. The van der Waals surface area contributed by atoms with E-state index < -0.39 is 10.0 Å². The van der Waals surface area contributed by atoms with Gasteiger partial charge in [0.15, 0.2) is 0 Å². The van der Waals surface area contributed by atoms with Gasteiger partial charge in [-0.2, -0.15) is 0 Å². The van der Waals surface area contributed by atoms with Crippen LogP contribution in [0.15, 0.2) is 47.4 Å². The summed E-state index contributed by atoms with van der Waals surface area (Å²) in [7, 11) is -3.98. The number of carbonyl (C=O) groups excluding carboxylic acids is 1. The third-order valence-electron chi connectivity index (χ3n) is 4.42. The van der Waals surface area contributed by atoms with E-state index in [9.17, 15) is 13.2 Å². The number of sulfonamides is 1. The molecule has 0 saturated carbocycles. The van der Waals surface area contributed by atoms with E-state index >= 15 is 0 Å². The molecule has 2 N–H and O–H groups in total. The molecule has 6 nitrogen and oxygen atoms in total. The molecule has 0 spiro atoms. The molecular formula is C18H20ClN3O3S. The van der Waals surface area contributed by atoms with Crippen LogP contribution in [-0.4, -0.2) is 45.4 Å². The van der Waals surface area contributed by atoms with E-state index in [1.807, 2.05) is 19.1 Å². The molecule has 0 atom stereocenters. The molecule has 8 heteroatoms. The third-order valence-corrected chi connectivity index (χ3v) is 5.81. The van der Waals surface area contributed by atoms with Gasteiger partial charge in [-0.05, 0) is 42.8 Å². The lowest BCUT2D eigenvalue weighted by molar-refractivity contribution is 0.0746. The Labute approximate surface area is 158 Å². The van der Waals surface area contributed by atoms with Crippen LogP contribution in [0.2, 0.25) is 5.02 Å². The lowest BCUT2D eigenvalue weighted by Gasteiger charge is -2.36. The molecule has 2 aromatic carbocycles. The molecule has 0 unspecified atom stereocenters. The Kier molecular flexibility index (Phi) is 5.22. The standard InChI is InChI=1S/C18H20ClN3O3S/c1-13-3-2-4-15(11-13)21-7-9-22(10-8-21)18(23)14-5-6-16(19)17(12-14)26(20,24)25/h2-6,11-12H,7-10H2,1H3,(H2,20,24,25). The van der Waals surface area contributed by atoms with Crippen LogP contribution < -0.4 is 10.0 Å². The number of anilines is 1. The van der Waals surface area contributed by atoms with E-state index in [-0.39, 0.29) is 21.4 Å². The van der Waals surface area contributed by atoms with Crippen LogP contribution in [0.3, 0.4) is 0 Å². The fourth-order valence-corrected chi connectivity index (χ4v) is 4.10. The molecule has 1 amide bonds. The molecule has 3 rings (SSSR count). The van der Waals surface area contributed by atoms with Gasteiger partial charge in [0, 0.05) is 37.4 Å². The van der Waals surface area contributed by atoms with Gasteiger partial charge in [-0.25, -0.2) is 13.6 Å². The molecule has 0 aliphatic carbocycles. The molecule has 2 aromatic rings. The normalized spacial score (nSPS) is 15.2. The maximum absolute atomic E-state index is 12.7. The highest BCUT2D eigenvalue weighted by Crippen LogP contribution is 2.23. The van der Waals surface area contributed by atoms with Crippen LogP contribution in [0.25, 0.3) is 0 Å². The Hall–Kier alpha value is -2.09. The van der Waals surface area contributed by atoms with Crippen molar-refractivity contribution in [2.24, 2.45) is 5.14 Å². The van der Waals surface area contributed by atoms with E-state index in [1.165, 1.54) is 23.8 Å². The molecular weight excluding hydrogens is 374 g/mol. The van der Waals surface area contributed by atoms with Crippen molar-refractivity contribution in [2.75, 3.05) is 31.1 Å². The van der Waals surface area contributed by atoms with Gasteiger partial charge in [0.25, 0.3) is 5.91 Å². The van der Waals surface area contributed by atoms with E-state index in [1.54, 1.807) is 4.90 Å². The first-order valence-electron chi connectivity index (χ1n) is 8.19. The first-order valence-corrected chi connectivity index (χ1v) is 10.1. The highest BCUT2D eigenvalue weighted by molar-refractivity contribution is 7.89. The number of carbonyl (C=O) groups is 1. The Morgan fingerprint density at radius 2 is 1.77 bits per heavy atom. The van der Waals surface area contributed by atoms with E-state index in [2.05, 4.69) is 17.0 Å². The smallest absolute Gasteiger partial charge is 0.254 e. The molecule has 1 saturated heterocycles. The Balaban J connectivity index is 1.73. The molecule has 26 heavy (non-hydrogen) atoms. The van der Waals surface area contributed by atoms with E-state index in [0.717, 1.165) is 5.69 Å². The van der Waals surface area contributed by atoms with Gasteiger partial charge in [0.05, 0.1) is 5.02 Å². The van der Waals surface area contributed by atoms with Crippen LogP contribution in [0.4, 0.5) is 5.69 Å². The van der Waals surface area contributed by atoms with Crippen LogP contribution in [0.5, 0.6) is 0 Å². The lowest BCUT2D eigenvalue weighted by atomic mass is 10.1. The van der Waals surface area contributed by atoms with Crippen molar-refractivity contribution in [1.82, 2.24) is 4.90 Å². The first kappa shape index (κ1) is 18.7. The number of halogens is 1. The number of rotatable bonds is 3. The van der Waals surface area contributed by atoms with Crippen LogP contribution in [0, 0.1) is 6.92 Å². The summed E-state index contributed by atoms with van der Waals surface area (Å²) in [5.41, 5.74) is 2.60. The highest BCUT2D eigenvalue weighted by atomic mass is 35.5. The molecule has 0 bridgehead atoms. The maximum atomic E-state index is 12.7. The number of aryl methyl sites for hydroxylation is 1. The van der Waals surface area contributed by atoms with Crippen molar-refractivity contribution < 1.29 is 13.2 Å². The Morgan fingerprint density at radius 1 is 1.08 bits per heavy atom. The molecule has 1 fully saturated rings. The zero-order valence-corrected chi connectivity index (χ0v) is 15.9. The minimum absolute atomic E-state index is 0.00770. The van der Waals surface area contributed by atoms with Gasteiger partial charge >= 0.3 is 0 Å². The summed E-state index contributed by atoms with van der Waals surface area (Å²) < 4.78 is 23.2. The van der Waals surface area contributed by atoms with Gasteiger partial charge in [-0.1, -0.05) is 23.7 Å². The minimum atomic E-state index is -3.98. The molecule has 1 heterocycles. The molecule has 0 radical (unpaired) electrons. The summed E-state index contributed by atoms with van der Waals surface area (Å²) in [5.74, 6) is -0.226. The van der Waals surface area contributed by atoms with Gasteiger partial charge < -0.3 is 9.80 Å². The van der Waals surface area contributed by atoms with Crippen molar-refractivity contribution in [3.63, 3.8) is 0 Å². The van der Waals surface area contributed by atoms with Crippen molar-refractivity contribution >= 4 is 33.2 Å². The summed E-state index contributed by atoms with van der Waals surface area (Å²) in [6, 6.07) is 12.4. The molecule has 0 aromatic heterocycles. The number of nitrogens with two attached hydrogens (primary N) is 1. The fraction of sp³-hybridized carbons (Fsp3) is 0.278. The topological polar surface area (TPSA) is 83.7 Å². The highest BCUT2D eigenvalue weighted by Gasteiger charge is 2.24. The van der Waals surface area contributed by atoms with E-state index in [0.29, 0.717) is 26.2 Å². The lowest BCUT2D eigenvalue weighted by Crippen LogP contribution is -2.48. The summed E-state index contributed by atoms with van der Waals surface area (Å²) in [6.45, 7) is 4.59. The second-order valence-corrected chi connectivity index (χ2v) is 8.25. The first-order chi connectivity index (χ1) is 12.3. The third kappa shape index (κ3) is 4.00. The zero-order chi connectivity index (χ0) is 18.9. The summed E-state index contributed by atoms with van der Waals surface area (Å²) in [6.07, 6.45) is 0. The van der Waals surface area contributed by atoms with Gasteiger partial charge in [0.2, 0.25) is 10.0 Å². The van der Waals surface area contributed by atoms with Gasteiger partial charge in [-0.15, -0.1) is 0 Å². The molecule has 138 valence electrons. The average molecular weight is 394 g/mol. The van der Waals surface area contributed by atoms with Crippen molar-refractivity contribution in [3.8, 4) is 0 Å². The number of nitrogens with zero attached hydrogens (tertiary/aromatic N) is 2. The largest absolute Gasteiger partial charge is 0.368 e. The summed E-state index contributed by atoms with van der Waals surface area (Å²) in [4.78, 5) is 16.4. The Morgan fingerprint density at radius 3 is 2.38 bits per heavy atom. The number of primary sulfonamides is 1. The predicted octanol–water partition coefficient (Wildman–Crippen LogP) is 2.26. The zero-order valence-electron chi connectivity index (χ0n) is 14.4. The number of hydrogen-bond donors (Lipinski definition) is 1. The van der Waals surface area contributed by atoms with Gasteiger partial charge in [0.1, 0.15) is 4.90 Å². The van der Waals surface area contributed by atoms with Crippen molar-refractivity contribution in [1.29, 1.82) is 0 Å². The number of amides is 1. The predicted molar refractivity (Wildman–Crippen MR) is 102 cm³/mol. The average Bonchev–Trinajstić information content (AvgIpc) is 2.61. The summed E-state index contributed by atoms with van der Waals surface area (Å²) in [5, 5.41) is 5.16. The number of benzene rings is 2. The Bertz CT molecular complexity index is 938. The maximum Gasteiger partial charge on any atom is 0.254 e. The van der Waals surface area contributed by atoms with Crippen LogP contribution in [0.1, 0.15) is 15.9 Å². The molecule has 1 aliphatic rings. The van der Waals surface area contributed by atoms with Crippen molar-refractivity contribution in [3.05, 3.63) is 58.6 Å². The fourth-order valence-electron chi connectivity index (χ4n) is 3.03. The van der Waals surface area contributed by atoms with Gasteiger partial charge in [-0.3, -0.25) is 4.79 Å². The van der Waals surface area contributed by atoms with E-state index in [4.69, 9.17) is 16.7 Å². The minimum Gasteiger partial charge on any atom is -0.368 e. The number of hydrogen-bond acceptors (Lipinski definition) is 4. The van der Waals surface area contributed by atoms with Crippen molar-refractivity contribution in [2.45, 2.75) is 11.8 Å². The SMILES string of the molecule is Cc1cccc(N2CCN(C(=O)c3ccc(Cl)c(S(N)(=O)=O)c3)CC2)c1. The quantitative estimate of drug-likeness (QED) is 0.866. The number of piperazine rings is 1. The second-order valence-electron chi connectivity index (χ2n) is 6.31.